The number of esters is 1. The molecule has 6 atom stereocenters. The van der Waals surface area contributed by atoms with Gasteiger partial charge in [-0.2, -0.15) is 0 Å². The van der Waals surface area contributed by atoms with Crippen molar-refractivity contribution < 1.29 is 33.0 Å². The molecule has 248 valence electrons. The fraction of sp³-hybridized carbons (Fsp3) is 0.875. The highest BCUT2D eigenvalue weighted by Crippen LogP contribution is 2.41. The second kappa shape index (κ2) is 17.5. The summed E-state index contributed by atoms with van der Waals surface area (Å²) in [6.45, 7) is 26.9. The number of allylic oxidation sites excluding steroid dienone is 1. The molecular weight excluding hydrogens is 679 g/mol. The van der Waals surface area contributed by atoms with Crippen LogP contribution in [0.3, 0.4) is 0 Å². The summed E-state index contributed by atoms with van der Waals surface area (Å²) in [5.74, 6) is -1.02. The van der Waals surface area contributed by atoms with Crippen LogP contribution in [0.4, 0.5) is 0 Å². The Morgan fingerprint density at radius 3 is 1.88 bits per heavy atom. The van der Waals surface area contributed by atoms with Crippen LogP contribution in [0.5, 0.6) is 0 Å². The molecule has 0 amide bonds. The van der Waals surface area contributed by atoms with Gasteiger partial charge in [-0.3, -0.25) is 4.79 Å². The fourth-order valence-electron chi connectivity index (χ4n) is 5.10. The van der Waals surface area contributed by atoms with Crippen molar-refractivity contribution >= 4 is 51.5 Å². The molecule has 0 unspecified atom stereocenters. The van der Waals surface area contributed by atoms with E-state index in [0.29, 0.717) is 25.7 Å². The number of hydrogen-bond donors (Lipinski definition) is 1. The SMILES string of the molecule is CC[C@@H](OC(=O)[C@H](C)[C@H](C[C@@H](O[Si](CC)(CC)CC)[C@@](C)(CCC=O)OC)O[Si](C)(C)C(C)(C)C)[C@@](C)(O)/C=C(\C)I. The van der Waals surface area contributed by atoms with Crippen molar-refractivity contribution in [3.63, 3.8) is 0 Å². The monoisotopic (exact) mass is 742 g/mol. The molecular formula is C32H63IO7Si2. The minimum absolute atomic E-state index is 0.0830. The van der Waals surface area contributed by atoms with Gasteiger partial charge >= 0.3 is 5.97 Å². The average molecular weight is 743 g/mol. The molecule has 10 heteroatoms. The van der Waals surface area contributed by atoms with Crippen LogP contribution in [0.15, 0.2) is 9.66 Å². The van der Waals surface area contributed by atoms with Crippen molar-refractivity contribution in [3.05, 3.63) is 9.66 Å². The lowest BCUT2D eigenvalue weighted by Gasteiger charge is -2.46. The van der Waals surface area contributed by atoms with E-state index in [0.717, 1.165) is 28.0 Å². The van der Waals surface area contributed by atoms with Crippen molar-refractivity contribution in [1.82, 2.24) is 0 Å². The number of halogens is 1. The molecule has 0 aliphatic rings. The first-order valence-electron chi connectivity index (χ1n) is 15.8. The normalized spacial score (nSPS) is 19.3. The van der Waals surface area contributed by atoms with Gasteiger partial charge in [0.25, 0.3) is 0 Å². The Balaban J connectivity index is 6.80. The molecule has 42 heavy (non-hydrogen) atoms. The van der Waals surface area contributed by atoms with Gasteiger partial charge in [0.15, 0.2) is 16.6 Å². The zero-order chi connectivity index (χ0) is 33.2. The second-order valence-electron chi connectivity index (χ2n) is 13.8. The summed E-state index contributed by atoms with van der Waals surface area (Å²) in [7, 11) is -2.78. The predicted molar refractivity (Wildman–Crippen MR) is 187 cm³/mol. The van der Waals surface area contributed by atoms with Gasteiger partial charge in [-0.25, -0.2) is 0 Å². The molecule has 0 heterocycles. The minimum atomic E-state index is -2.34. The van der Waals surface area contributed by atoms with Gasteiger partial charge in [0.2, 0.25) is 0 Å². The molecule has 0 saturated heterocycles. The first-order chi connectivity index (χ1) is 19.1. The molecule has 0 saturated carbocycles. The molecule has 0 aliphatic heterocycles. The molecule has 0 spiro atoms. The number of ether oxygens (including phenoxy) is 2. The molecule has 0 bridgehead atoms. The van der Waals surface area contributed by atoms with Gasteiger partial charge in [-0.15, -0.1) is 0 Å². The van der Waals surface area contributed by atoms with Crippen molar-refractivity contribution in [2.45, 2.75) is 168 Å². The van der Waals surface area contributed by atoms with Crippen LogP contribution in [0.25, 0.3) is 0 Å². The smallest absolute Gasteiger partial charge is 0.311 e. The van der Waals surface area contributed by atoms with E-state index in [1.807, 2.05) is 27.7 Å². The maximum Gasteiger partial charge on any atom is 0.311 e. The fourth-order valence-corrected chi connectivity index (χ4v) is 10.1. The molecule has 0 aromatic heterocycles. The van der Waals surface area contributed by atoms with Crippen LogP contribution in [-0.4, -0.2) is 70.6 Å². The summed E-state index contributed by atoms with van der Waals surface area (Å²) in [4.78, 5) is 25.3. The number of hydrogen-bond acceptors (Lipinski definition) is 7. The topological polar surface area (TPSA) is 91.3 Å². The number of methoxy groups -OCH3 is 1. The predicted octanol–water partition coefficient (Wildman–Crippen LogP) is 8.59. The van der Waals surface area contributed by atoms with E-state index in [-0.39, 0.29) is 11.1 Å². The van der Waals surface area contributed by atoms with Crippen molar-refractivity contribution in [2.75, 3.05) is 7.11 Å². The number of carbonyl (C=O) groups excluding carboxylic acids is 2. The molecule has 0 aromatic carbocycles. The van der Waals surface area contributed by atoms with Crippen LogP contribution in [0.2, 0.25) is 36.3 Å². The highest BCUT2D eigenvalue weighted by atomic mass is 127. The number of aldehydes is 1. The average Bonchev–Trinajstić information content (AvgIpc) is 2.90. The molecule has 7 nitrogen and oxygen atoms in total. The van der Waals surface area contributed by atoms with E-state index in [2.05, 4.69) is 77.2 Å². The van der Waals surface area contributed by atoms with Crippen LogP contribution in [-0.2, 0) is 27.9 Å². The Morgan fingerprint density at radius 1 is 0.976 bits per heavy atom. The van der Waals surface area contributed by atoms with E-state index in [1.165, 1.54) is 0 Å². The summed E-state index contributed by atoms with van der Waals surface area (Å²) in [6.07, 6.45) is 2.83. The Kier molecular flexibility index (Phi) is 17.5. The summed E-state index contributed by atoms with van der Waals surface area (Å²) in [5, 5.41) is 11.1. The molecule has 0 fully saturated rings. The maximum atomic E-state index is 13.8. The zero-order valence-corrected chi connectivity index (χ0v) is 33.3. The van der Waals surface area contributed by atoms with E-state index in [9.17, 15) is 14.7 Å². The Morgan fingerprint density at radius 2 is 1.50 bits per heavy atom. The maximum absolute atomic E-state index is 13.8. The Labute approximate surface area is 273 Å². The van der Waals surface area contributed by atoms with Gasteiger partial charge in [0.05, 0.1) is 23.7 Å². The van der Waals surface area contributed by atoms with Crippen LogP contribution < -0.4 is 0 Å². The zero-order valence-electron chi connectivity index (χ0n) is 29.2. The highest BCUT2D eigenvalue weighted by molar-refractivity contribution is 14.1. The van der Waals surface area contributed by atoms with Gasteiger partial charge < -0.3 is 28.2 Å². The molecule has 0 rings (SSSR count). The minimum Gasteiger partial charge on any atom is -0.459 e. The first kappa shape index (κ1) is 41.9. The quantitative estimate of drug-likeness (QED) is 0.0579. The molecule has 1 N–H and O–H groups in total. The largest absolute Gasteiger partial charge is 0.459 e. The third-order valence-corrected chi connectivity index (χ3v) is 19.1. The van der Waals surface area contributed by atoms with Gasteiger partial charge in [-0.05, 0) is 109 Å². The Bertz CT molecular complexity index is 855. The first-order valence-corrected chi connectivity index (χ1v) is 22.3. The third kappa shape index (κ3) is 12.0. The molecule has 0 aliphatic carbocycles. The number of rotatable bonds is 20. The van der Waals surface area contributed by atoms with Crippen LogP contribution in [0.1, 0.15) is 102 Å². The van der Waals surface area contributed by atoms with Crippen molar-refractivity contribution in [1.29, 1.82) is 0 Å². The lowest BCUT2D eigenvalue weighted by molar-refractivity contribution is -0.169. The van der Waals surface area contributed by atoms with Crippen molar-refractivity contribution in [3.8, 4) is 0 Å². The van der Waals surface area contributed by atoms with Crippen LogP contribution in [0, 0.1) is 5.92 Å². The molecule has 0 radical (unpaired) electrons. The third-order valence-electron chi connectivity index (χ3n) is 9.63. The Hall–Kier alpha value is -0.116. The summed E-state index contributed by atoms with van der Waals surface area (Å²) >= 11 is 2.15. The number of aliphatic hydroxyl groups is 1. The van der Waals surface area contributed by atoms with E-state index >= 15 is 0 Å². The van der Waals surface area contributed by atoms with Crippen molar-refractivity contribution in [2.24, 2.45) is 5.92 Å². The standard InChI is InChI=1S/C32H63IO7Si2/c1-15-27(31(10,36)23-24(5)33)38-29(35)25(6)26(39-41(13,14)30(7,8)9)22-28(32(11,37-12)20-19-21-34)40-42(16-2,17-3)18-4/h21,23,25-28,36H,15-20,22H2,1-14H3/b24-23+/t25-,26+,27-,28-,31+,32-/m1/s1. The number of carbonyl (C=O) groups is 2. The van der Waals surface area contributed by atoms with Gasteiger partial charge in [0.1, 0.15) is 18.0 Å². The van der Waals surface area contributed by atoms with Crippen LogP contribution >= 0.6 is 22.6 Å². The summed E-state index contributed by atoms with van der Waals surface area (Å²) < 4.78 is 27.2. The lowest BCUT2D eigenvalue weighted by Crippen LogP contribution is -2.54. The highest BCUT2D eigenvalue weighted by Gasteiger charge is 2.47. The summed E-state index contributed by atoms with van der Waals surface area (Å²) in [5.41, 5.74) is -2.04. The summed E-state index contributed by atoms with van der Waals surface area (Å²) in [6, 6.07) is 2.89. The van der Waals surface area contributed by atoms with E-state index < -0.39 is 51.9 Å². The molecule has 0 aromatic rings. The second-order valence-corrected chi connectivity index (χ2v) is 25.0. The van der Waals surface area contributed by atoms with Gasteiger partial charge in [-0.1, -0.05) is 48.5 Å². The lowest BCUT2D eigenvalue weighted by atomic mass is 9.87. The van der Waals surface area contributed by atoms with E-state index in [4.69, 9.17) is 18.3 Å². The van der Waals surface area contributed by atoms with Gasteiger partial charge in [0, 0.05) is 20.0 Å². The van der Waals surface area contributed by atoms with E-state index in [1.54, 1.807) is 20.1 Å².